The lowest BCUT2D eigenvalue weighted by atomic mass is 9.67. The molecule has 0 atom stereocenters. The molecule has 0 unspecified atom stereocenters. The third-order valence-corrected chi connectivity index (χ3v) is 7.06. The summed E-state index contributed by atoms with van der Waals surface area (Å²) in [5.41, 5.74) is 3.43. The van der Waals surface area contributed by atoms with Gasteiger partial charge in [0.25, 0.3) is 0 Å². The van der Waals surface area contributed by atoms with Crippen molar-refractivity contribution < 1.29 is 0 Å². The molecule has 0 N–H and O–H groups in total. The molecular weight excluding hydrogens is 302 g/mol. The molecule has 0 amide bonds. The molecule has 0 radical (unpaired) electrons. The van der Waals surface area contributed by atoms with Gasteiger partial charge >= 0.3 is 0 Å². The molecule has 2 aliphatic rings. The van der Waals surface area contributed by atoms with Gasteiger partial charge in [-0.3, -0.25) is 0 Å². The smallest absolute Gasteiger partial charge is 0.0994 e. The Morgan fingerprint density at radius 1 is 0.960 bits per heavy atom. The first-order chi connectivity index (χ1) is 12.2. The highest BCUT2D eigenvalue weighted by Gasteiger charge is 2.31. The van der Waals surface area contributed by atoms with Crippen LogP contribution < -0.4 is 0 Å². The van der Waals surface area contributed by atoms with Crippen molar-refractivity contribution in [3.63, 3.8) is 0 Å². The molecule has 0 aliphatic heterocycles. The molecule has 1 aromatic rings. The number of hydrogen-bond acceptors (Lipinski definition) is 1. The standard InChI is InChI=1S/C24H35N/c1-3-4-5-19-7-9-20(10-8-19)21-11-13-22(14-12-21)24-15-6-18(2)16-23(24)17-25/h6,15-16,19-22H,3-5,7-14H2,1-2H3. The van der Waals surface area contributed by atoms with Gasteiger partial charge in [0, 0.05) is 0 Å². The predicted molar refractivity (Wildman–Crippen MR) is 106 cm³/mol. The maximum Gasteiger partial charge on any atom is 0.0994 e. The molecule has 0 bridgehead atoms. The fourth-order valence-corrected chi connectivity index (χ4v) is 5.47. The van der Waals surface area contributed by atoms with Gasteiger partial charge in [0.1, 0.15) is 0 Å². The third-order valence-electron chi connectivity index (χ3n) is 7.06. The van der Waals surface area contributed by atoms with E-state index in [0.29, 0.717) is 5.92 Å². The van der Waals surface area contributed by atoms with Gasteiger partial charge in [0.05, 0.1) is 11.6 Å². The SMILES string of the molecule is CCCCC1CCC(C2CCC(c3ccc(C)cc3C#N)CC2)CC1. The Kier molecular flexibility index (Phi) is 6.57. The van der Waals surface area contributed by atoms with Crippen LogP contribution in [0.3, 0.4) is 0 Å². The van der Waals surface area contributed by atoms with E-state index in [1.807, 2.05) is 0 Å². The van der Waals surface area contributed by atoms with E-state index in [1.165, 1.54) is 81.8 Å². The number of aryl methyl sites for hydroxylation is 1. The summed E-state index contributed by atoms with van der Waals surface area (Å²) in [6, 6.07) is 8.90. The predicted octanol–water partition coefficient (Wildman–Crippen LogP) is 7.14. The second kappa shape index (κ2) is 8.88. The van der Waals surface area contributed by atoms with E-state index in [0.717, 1.165) is 23.3 Å². The Morgan fingerprint density at radius 2 is 1.60 bits per heavy atom. The molecule has 1 heteroatoms. The van der Waals surface area contributed by atoms with Crippen LogP contribution in [0.1, 0.15) is 100 Å². The first-order valence-corrected chi connectivity index (χ1v) is 10.7. The van der Waals surface area contributed by atoms with E-state index in [1.54, 1.807) is 0 Å². The van der Waals surface area contributed by atoms with Gasteiger partial charge in [-0.1, -0.05) is 51.2 Å². The molecule has 2 fully saturated rings. The summed E-state index contributed by atoms with van der Waals surface area (Å²) in [5.74, 6) is 3.59. The second-order valence-corrected chi connectivity index (χ2v) is 8.74. The van der Waals surface area contributed by atoms with Crippen LogP contribution in [0.15, 0.2) is 18.2 Å². The largest absolute Gasteiger partial charge is 0.192 e. The quantitative estimate of drug-likeness (QED) is 0.560. The Bertz CT molecular complexity index is 581. The lowest BCUT2D eigenvalue weighted by molar-refractivity contribution is 0.156. The van der Waals surface area contributed by atoms with E-state index in [-0.39, 0.29) is 0 Å². The summed E-state index contributed by atoms with van der Waals surface area (Å²) >= 11 is 0. The molecule has 136 valence electrons. The topological polar surface area (TPSA) is 23.8 Å². The zero-order chi connectivity index (χ0) is 17.6. The van der Waals surface area contributed by atoms with E-state index < -0.39 is 0 Å². The van der Waals surface area contributed by atoms with Gasteiger partial charge in [0.2, 0.25) is 0 Å². The molecule has 2 saturated carbocycles. The highest BCUT2D eigenvalue weighted by atomic mass is 14.4. The van der Waals surface area contributed by atoms with E-state index >= 15 is 0 Å². The Labute approximate surface area is 154 Å². The van der Waals surface area contributed by atoms with Crippen LogP contribution in [0, 0.1) is 36.0 Å². The fourth-order valence-electron chi connectivity index (χ4n) is 5.47. The first-order valence-electron chi connectivity index (χ1n) is 10.7. The van der Waals surface area contributed by atoms with Crippen LogP contribution in [-0.4, -0.2) is 0 Å². The molecule has 0 heterocycles. The zero-order valence-electron chi connectivity index (χ0n) is 16.3. The number of rotatable bonds is 5. The second-order valence-electron chi connectivity index (χ2n) is 8.74. The molecule has 0 spiro atoms. The first kappa shape index (κ1) is 18.5. The van der Waals surface area contributed by atoms with Crippen molar-refractivity contribution >= 4 is 0 Å². The third kappa shape index (κ3) is 4.66. The van der Waals surface area contributed by atoms with Gasteiger partial charge in [-0.15, -0.1) is 0 Å². The Balaban J connectivity index is 1.51. The van der Waals surface area contributed by atoms with Crippen molar-refractivity contribution in [2.24, 2.45) is 17.8 Å². The van der Waals surface area contributed by atoms with Gasteiger partial charge in [-0.2, -0.15) is 5.26 Å². The zero-order valence-corrected chi connectivity index (χ0v) is 16.3. The average molecular weight is 338 g/mol. The number of unbranched alkanes of at least 4 members (excludes halogenated alkanes) is 1. The van der Waals surface area contributed by atoms with Crippen molar-refractivity contribution in [2.45, 2.75) is 90.4 Å². The van der Waals surface area contributed by atoms with Crippen LogP contribution in [0.5, 0.6) is 0 Å². The molecule has 25 heavy (non-hydrogen) atoms. The van der Waals surface area contributed by atoms with Gasteiger partial charge in [-0.05, 0) is 86.3 Å². The average Bonchev–Trinajstić information content (AvgIpc) is 2.67. The number of hydrogen-bond donors (Lipinski definition) is 0. The summed E-state index contributed by atoms with van der Waals surface area (Å²) in [6.07, 6.45) is 15.5. The van der Waals surface area contributed by atoms with Gasteiger partial charge < -0.3 is 0 Å². The normalized spacial score (nSPS) is 30.0. The summed E-state index contributed by atoms with van der Waals surface area (Å²) < 4.78 is 0. The van der Waals surface area contributed by atoms with Crippen molar-refractivity contribution in [2.75, 3.05) is 0 Å². The minimum Gasteiger partial charge on any atom is -0.192 e. The van der Waals surface area contributed by atoms with Gasteiger partial charge in [-0.25, -0.2) is 0 Å². The van der Waals surface area contributed by atoms with Crippen molar-refractivity contribution in [1.29, 1.82) is 5.26 Å². The van der Waals surface area contributed by atoms with Crippen molar-refractivity contribution in [1.82, 2.24) is 0 Å². The van der Waals surface area contributed by atoms with Crippen molar-refractivity contribution in [3.05, 3.63) is 34.9 Å². The number of benzene rings is 1. The Morgan fingerprint density at radius 3 is 2.20 bits per heavy atom. The van der Waals surface area contributed by atoms with Crippen LogP contribution in [0.25, 0.3) is 0 Å². The summed E-state index contributed by atoms with van der Waals surface area (Å²) in [6.45, 7) is 4.40. The molecule has 0 aromatic heterocycles. The minimum absolute atomic E-state index is 0.618. The van der Waals surface area contributed by atoms with E-state index in [4.69, 9.17) is 0 Å². The van der Waals surface area contributed by atoms with Crippen LogP contribution in [-0.2, 0) is 0 Å². The summed E-state index contributed by atoms with van der Waals surface area (Å²) in [4.78, 5) is 0. The summed E-state index contributed by atoms with van der Waals surface area (Å²) in [5, 5.41) is 9.47. The molecule has 0 saturated heterocycles. The van der Waals surface area contributed by atoms with Crippen LogP contribution in [0.4, 0.5) is 0 Å². The molecule has 2 aliphatic carbocycles. The monoisotopic (exact) mass is 337 g/mol. The van der Waals surface area contributed by atoms with Crippen LogP contribution in [0.2, 0.25) is 0 Å². The van der Waals surface area contributed by atoms with E-state index in [9.17, 15) is 5.26 Å². The molecule has 3 rings (SSSR count). The maximum atomic E-state index is 9.47. The fraction of sp³-hybridized carbons (Fsp3) is 0.708. The highest BCUT2D eigenvalue weighted by molar-refractivity contribution is 5.42. The van der Waals surface area contributed by atoms with Crippen LogP contribution >= 0.6 is 0 Å². The maximum absolute atomic E-state index is 9.47. The molecule has 1 nitrogen and oxygen atoms in total. The minimum atomic E-state index is 0.618. The lowest BCUT2D eigenvalue weighted by Gasteiger charge is -2.38. The highest BCUT2D eigenvalue weighted by Crippen LogP contribution is 2.45. The number of nitrogens with zero attached hydrogens (tertiary/aromatic N) is 1. The molecule has 1 aromatic carbocycles. The van der Waals surface area contributed by atoms with Gasteiger partial charge in [0.15, 0.2) is 0 Å². The molecular formula is C24H35N. The number of nitriles is 1. The summed E-state index contributed by atoms with van der Waals surface area (Å²) in [7, 11) is 0. The van der Waals surface area contributed by atoms with E-state index in [2.05, 4.69) is 38.1 Å². The van der Waals surface area contributed by atoms with Crippen molar-refractivity contribution in [3.8, 4) is 6.07 Å². The lowest BCUT2D eigenvalue weighted by Crippen LogP contribution is -2.25. The Hall–Kier alpha value is -1.29.